The summed E-state index contributed by atoms with van der Waals surface area (Å²) in [5, 5.41) is 13.3. The molecule has 0 aliphatic carbocycles. The molecule has 2 atom stereocenters. The number of aromatic nitrogens is 2. The van der Waals surface area contributed by atoms with E-state index in [9.17, 15) is 14.3 Å². The van der Waals surface area contributed by atoms with Crippen LogP contribution in [-0.2, 0) is 7.05 Å². The van der Waals surface area contributed by atoms with Gasteiger partial charge in [0.05, 0.1) is 0 Å². The number of carbonyl (C=O) groups is 1. The van der Waals surface area contributed by atoms with Gasteiger partial charge in [0, 0.05) is 44.1 Å². The molecule has 1 aliphatic heterocycles. The molecule has 2 heterocycles. The zero-order chi connectivity index (χ0) is 18.0. The summed E-state index contributed by atoms with van der Waals surface area (Å²) in [5.74, 6) is 0.153. The molecule has 1 aliphatic rings. The lowest BCUT2D eigenvalue weighted by Gasteiger charge is -2.34. The molecule has 2 N–H and O–H groups in total. The van der Waals surface area contributed by atoms with Gasteiger partial charge in [0.25, 0.3) is 0 Å². The molecule has 2 aromatic rings. The van der Waals surface area contributed by atoms with Crippen molar-refractivity contribution in [2.75, 3.05) is 18.4 Å². The van der Waals surface area contributed by atoms with Crippen LogP contribution in [0.1, 0.15) is 30.3 Å². The standard InChI is InChI=1S/C18H23FN4O2/c1-12-8-14(19)10-15(9-12)21-18(25)23-6-3-4-13(11-23)16(24)17-20-5-7-22(17)2/h5,7-10,13,16,24H,3-4,6,11H2,1-2H3,(H,21,25). The van der Waals surface area contributed by atoms with E-state index in [0.29, 0.717) is 24.6 Å². The lowest BCUT2D eigenvalue weighted by molar-refractivity contribution is 0.0552. The summed E-state index contributed by atoms with van der Waals surface area (Å²) in [6.45, 7) is 2.83. The molecular weight excluding hydrogens is 323 g/mol. The molecule has 25 heavy (non-hydrogen) atoms. The first kappa shape index (κ1) is 17.4. The van der Waals surface area contributed by atoms with Crippen molar-refractivity contribution in [3.8, 4) is 0 Å². The van der Waals surface area contributed by atoms with Crippen molar-refractivity contribution in [3.63, 3.8) is 0 Å². The molecule has 134 valence electrons. The van der Waals surface area contributed by atoms with E-state index in [2.05, 4.69) is 10.3 Å². The number of likely N-dealkylation sites (tertiary alicyclic amines) is 1. The number of amides is 2. The van der Waals surface area contributed by atoms with Gasteiger partial charge in [-0.05, 0) is 43.5 Å². The maximum absolute atomic E-state index is 13.5. The summed E-state index contributed by atoms with van der Waals surface area (Å²) in [7, 11) is 1.84. The quantitative estimate of drug-likeness (QED) is 0.898. The van der Waals surface area contributed by atoms with E-state index < -0.39 is 6.10 Å². The monoisotopic (exact) mass is 346 g/mol. The second kappa shape index (κ2) is 7.23. The maximum Gasteiger partial charge on any atom is 0.321 e. The number of halogens is 1. The summed E-state index contributed by atoms with van der Waals surface area (Å²) in [4.78, 5) is 18.4. The molecule has 3 rings (SSSR count). The Hall–Kier alpha value is -2.41. The summed E-state index contributed by atoms with van der Waals surface area (Å²) >= 11 is 0. The highest BCUT2D eigenvalue weighted by molar-refractivity contribution is 5.89. The van der Waals surface area contributed by atoms with Crippen molar-refractivity contribution in [1.82, 2.24) is 14.5 Å². The highest BCUT2D eigenvalue weighted by Gasteiger charge is 2.31. The van der Waals surface area contributed by atoms with E-state index in [-0.39, 0.29) is 17.8 Å². The third kappa shape index (κ3) is 3.99. The molecule has 6 nitrogen and oxygen atoms in total. The van der Waals surface area contributed by atoms with Crippen LogP contribution >= 0.6 is 0 Å². The number of benzene rings is 1. The molecule has 2 unspecified atom stereocenters. The normalized spacial score (nSPS) is 18.9. The topological polar surface area (TPSA) is 70.4 Å². The Morgan fingerprint density at radius 2 is 2.24 bits per heavy atom. The number of aliphatic hydroxyl groups excluding tert-OH is 1. The van der Waals surface area contributed by atoms with Gasteiger partial charge in [-0.1, -0.05) is 0 Å². The predicted octanol–water partition coefficient (Wildman–Crippen LogP) is 2.85. The molecule has 0 spiro atoms. The van der Waals surface area contributed by atoms with Crippen molar-refractivity contribution in [1.29, 1.82) is 0 Å². The first-order chi connectivity index (χ1) is 11.9. The van der Waals surface area contributed by atoms with Crippen molar-refractivity contribution >= 4 is 11.7 Å². The minimum absolute atomic E-state index is 0.0742. The molecule has 1 fully saturated rings. The van der Waals surface area contributed by atoms with E-state index in [1.807, 2.05) is 7.05 Å². The summed E-state index contributed by atoms with van der Waals surface area (Å²) in [6.07, 6.45) is 4.36. The van der Waals surface area contributed by atoms with Gasteiger partial charge in [0.2, 0.25) is 0 Å². The highest BCUT2D eigenvalue weighted by atomic mass is 19.1. The third-order valence-corrected chi connectivity index (χ3v) is 4.61. The third-order valence-electron chi connectivity index (χ3n) is 4.61. The van der Waals surface area contributed by atoms with Crippen LogP contribution in [0.2, 0.25) is 0 Å². The number of hydrogen-bond acceptors (Lipinski definition) is 3. The van der Waals surface area contributed by atoms with Crippen LogP contribution < -0.4 is 5.32 Å². The number of nitrogens with zero attached hydrogens (tertiary/aromatic N) is 3. The zero-order valence-electron chi connectivity index (χ0n) is 14.4. The minimum atomic E-state index is -0.716. The lowest BCUT2D eigenvalue weighted by Crippen LogP contribution is -2.44. The Kier molecular flexibility index (Phi) is 5.03. The molecule has 2 amide bonds. The number of hydrogen-bond donors (Lipinski definition) is 2. The second-order valence-electron chi connectivity index (χ2n) is 6.64. The number of carbonyl (C=O) groups excluding carboxylic acids is 1. The van der Waals surface area contributed by atoms with Gasteiger partial charge in [-0.15, -0.1) is 0 Å². The van der Waals surface area contributed by atoms with Crippen LogP contribution in [0.5, 0.6) is 0 Å². The molecule has 0 radical (unpaired) electrons. The molecule has 1 aromatic carbocycles. The maximum atomic E-state index is 13.5. The van der Waals surface area contributed by atoms with E-state index >= 15 is 0 Å². The molecule has 0 bridgehead atoms. The van der Waals surface area contributed by atoms with E-state index in [1.165, 1.54) is 12.1 Å². The first-order valence-corrected chi connectivity index (χ1v) is 8.42. The smallest absolute Gasteiger partial charge is 0.321 e. The fraction of sp³-hybridized carbons (Fsp3) is 0.444. The number of aryl methyl sites for hydroxylation is 2. The predicted molar refractivity (Wildman–Crippen MR) is 92.6 cm³/mol. The first-order valence-electron chi connectivity index (χ1n) is 8.42. The van der Waals surface area contributed by atoms with Crippen LogP contribution in [0, 0.1) is 18.7 Å². The number of piperidine rings is 1. The lowest BCUT2D eigenvalue weighted by atomic mass is 9.92. The van der Waals surface area contributed by atoms with Gasteiger partial charge < -0.3 is 19.9 Å². The fourth-order valence-electron chi connectivity index (χ4n) is 3.34. The SMILES string of the molecule is Cc1cc(F)cc(NC(=O)N2CCCC(C(O)c3nccn3C)C2)c1. The number of anilines is 1. The van der Waals surface area contributed by atoms with Crippen molar-refractivity contribution in [2.24, 2.45) is 13.0 Å². The second-order valence-corrected chi connectivity index (χ2v) is 6.64. The summed E-state index contributed by atoms with van der Waals surface area (Å²) < 4.78 is 15.3. The van der Waals surface area contributed by atoms with Crippen molar-refractivity contribution < 1.29 is 14.3 Å². The van der Waals surface area contributed by atoms with E-state index in [0.717, 1.165) is 18.4 Å². The fourth-order valence-corrected chi connectivity index (χ4v) is 3.34. The highest BCUT2D eigenvalue weighted by Crippen LogP contribution is 2.29. The molecule has 7 heteroatoms. The number of imidazole rings is 1. The van der Waals surface area contributed by atoms with Crippen molar-refractivity contribution in [3.05, 3.63) is 47.8 Å². The van der Waals surface area contributed by atoms with Crippen LogP contribution in [-0.4, -0.2) is 38.7 Å². The Morgan fingerprint density at radius 1 is 1.44 bits per heavy atom. The van der Waals surface area contributed by atoms with Gasteiger partial charge in [0.15, 0.2) is 0 Å². The average molecular weight is 346 g/mol. The van der Waals surface area contributed by atoms with Crippen LogP contribution in [0.4, 0.5) is 14.9 Å². The molecule has 0 saturated carbocycles. The minimum Gasteiger partial charge on any atom is -0.385 e. The van der Waals surface area contributed by atoms with Gasteiger partial charge in [-0.2, -0.15) is 0 Å². The molecule has 1 saturated heterocycles. The largest absolute Gasteiger partial charge is 0.385 e. The Labute approximate surface area is 146 Å². The summed E-state index contributed by atoms with van der Waals surface area (Å²) in [6, 6.07) is 4.16. The number of rotatable bonds is 3. The van der Waals surface area contributed by atoms with Gasteiger partial charge in [-0.25, -0.2) is 14.2 Å². The van der Waals surface area contributed by atoms with Crippen molar-refractivity contribution in [2.45, 2.75) is 25.9 Å². The zero-order valence-corrected chi connectivity index (χ0v) is 14.4. The Balaban J connectivity index is 1.66. The molecule has 1 aromatic heterocycles. The number of nitrogens with one attached hydrogen (secondary N) is 1. The number of aliphatic hydroxyl groups is 1. The van der Waals surface area contributed by atoms with E-state index in [4.69, 9.17) is 0 Å². The van der Waals surface area contributed by atoms with Crippen LogP contribution in [0.3, 0.4) is 0 Å². The molecular formula is C18H23FN4O2. The van der Waals surface area contributed by atoms with Gasteiger partial charge >= 0.3 is 6.03 Å². The summed E-state index contributed by atoms with van der Waals surface area (Å²) in [5.41, 5.74) is 1.19. The van der Waals surface area contributed by atoms with Crippen LogP contribution in [0.25, 0.3) is 0 Å². The number of urea groups is 1. The van der Waals surface area contributed by atoms with Gasteiger partial charge in [-0.3, -0.25) is 0 Å². The Morgan fingerprint density at radius 3 is 2.92 bits per heavy atom. The van der Waals surface area contributed by atoms with E-state index in [1.54, 1.807) is 34.9 Å². The van der Waals surface area contributed by atoms with Crippen LogP contribution in [0.15, 0.2) is 30.6 Å². The Bertz CT molecular complexity index is 741. The average Bonchev–Trinajstić information content (AvgIpc) is 2.99. The van der Waals surface area contributed by atoms with Gasteiger partial charge in [0.1, 0.15) is 17.7 Å².